The second kappa shape index (κ2) is 8.38. The highest BCUT2D eigenvalue weighted by molar-refractivity contribution is 7.07. The van der Waals surface area contributed by atoms with E-state index in [0.717, 1.165) is 23.5 Å². The minimum absolute atomic E-state index is 0.0955. The lowest BCUT2D eigenvalue weighted by Crippen LogP contribution is -2.31. The summed E-state index contributed by atoms with van der Waals surface area (Å²) >= 11 is 1.01. The third-order valence-corrected chi connectivity index (χ3v) is 4.56. The zero-order chi connectivity index (χ0) is 20.2. The van der Waals surface area contributed by atoms with E-state index in [1.807, 2.05) is 0 Å². The monoisotopic (exact) mass is 402 g/mol. The maximum atomic E-state index is 12.9. The molecule has 1 aromatic carbocycles. The van der Waals surface area contributed by atoms with Crippen LogP contribution < -0.4 is 10.2 Å². The minimum Gasteiger partial charge on any atom is -0.452 e. The van der Waals surface area contributed by atoms with E-state index in [1.54, 1.807) is 12.3 Å². The van der Waals surface area contributed by atoms with Crippen molar-refractivity contribution in [2.45, 2.75) is 39.1 Å². The smallest absolute Gasteiger partial charge is 0.418 e. The van der Waals surface area contributed by atoms with Gasteiger partial charge in [-0.25, -0.2) is 0 Å². The van der Waals surface area contributed by atoms with Crippen molar-refractivity contribution >= 4 is 28.9 Å². The van der Waals surface area contributed by atoms with E-state index in [1.165, 1.54) is 23.6 Å². The number of hydrogen-bond donors (Lipinski definition) is 1. The van der Waals surface area contributed by atoms with Crippen LogP contribution in [0.5, 0.6) is 0 Å². The molecule has 0 spiro atoms. The third-order valence-electron chi connectivity index (χ3n) is 3.68. The lowest BCUT2D eigenvalue weighted by molar-refractivity contribution is -0.153. The number of carbonyl (C=O) groups excluding carboxylic acids is 2. The Labute approximate surface area is 156 Å². The first kappa shape index (κ1) is 20.7. The number of benzene rings is 1. The van der Waals surface area contributed by atoms with Crippen LogP contribution in [0.2, 0.25) is 0 Å². The molecule has 0 saturated carbocycles. The van der Waals surface area contributed by atoms with Crippen LogP contribution in [0.1, 0.15) is 24.6 Å². The second-order valence-electron chi connectivity index (χ2n) is 5.71. The van der Waals surface area contributed by atoms with Gasteiger partial charge >= 0.3 is 17.0 Å². The summed E-state index contributed by atoms with van der Waals surface area (Å²) in [5.74, 6) is -1.62. The summed E-state index contributed by atoms with van der Waals surface area (Å²) < 4.78 is 45.2. The number of aryl methyl sites for hydroxylation is 1. The van der Waals surface area contributed by atoms with Gasteiger partial charge in [-0.1, -0.05) is 23.5 Å². The molecule has 1 aromatic heterocycles. The first-order valence-electron chi connectivity index (χ1n) is 7.91. The van der Waals surface area contributed by atoms with Crippen molar-refractivity contribution in [2.75, 3.05) is 5.32 Å². The minimum atomic E-state index is -4.63. The summed E-state index contributed by atoms with van der Waals surface area (Å²) in [5.41, 5.74) is -0.713. The van der Waals surface area contributed by atoms with Gasteiger partial charge in [0, 0.05) is 17.6 Å². The Morgan fingerprint density at radius 2 is 1.96 bits per heavy atom. The predicted octanol–water partition coefficient (Wildman–Crippen LogP) is 3.20. The molecule has 0 aliphatic heterocycles. The van der Waals surface area contributed by atoms with Gasteiger partial charge in [-0.05, 0) is 26.0 Å². The highest BCUT2D eigenvalue weighted by atomic mass is 32.1. The van der Waals surface area contributed by atoms with Gasteiger partial charge in [0.25, 0.3) is 5.91 Å². The Balaban J connectivity index is 1.94. The van der Waals surface area contributed by atoms with Crippen molar-refractivity contribution in [3.8, 4) is 0 Å². The van der Waals surface area contributed by atoms with Gasteiger partial charge in [0.2, 0.25) is 0 Å². The Kier molecular flexibility index (Phi) is 6.42. The molecule has 1 N–H and O–H groups in total. The second-order valence-corrected chi connectivity index (χ2v) is 6.53. The maximum absolute atomic E-state index is 12.9. The normalized spacial score (nSPS) is 12.5. The van der Waals surface area contributed by atoms with Crippen LogP contribution in [0.3, 0.4) is 0 Å². The number of thiazole rings is 1. The standard InChI is InChI=1S/C17H17F3N2O4S/c1-10-9-27-16(25)22(10)8-7-14(23)26-11(2)15(24)21-13-6-4-3-5-12(13)17(18,19)20/h3-6,9,11H,7-8H2,1-2H3,(H,21,24). The van der Waals surface area contributed by atoms with E-state index in [-0.39, 0.29) is 17.8 Å². The lowest BCUT2D eigenvalue weighted by Gasteiger charge is -2.17. The number of esters is 1. The topological polar surface area (TPSA) is 77.4 Å². The molecular weight excluding hydrogens is 385 g/mol. The molecule has 0 radical (unpaired) electrons. The Morgan fingerprint density at radius 3 is 2.56 bits per heavy atom. The van der Waals surface area contributed by atoms with Crippen molar-refractivity contribution in [2.24, 2.45) is 0 Å². The molecule has 27 heavy (non-hydrogen) atoms. The first-order chi connectivity index (χ1) is 12.6. The van der Waals surface area contributed by atoms with Gasteiger partial charge in [0.05, 0.1) is 17.7 Å². The van der Waals surface area contributed by atoms with Gasteiger partial charge in [-0.15, -0.1) is 0 Å². The van der Waals surface area contributed by atoms with Crippen LogP contribution in [0.15, 0.2) is 34.4 Å². The average Bonchev–Trinajstić information content (AvgIpc) is 2.90. The van der Waals surface area contributed by atoms with Gasteiger partial charge in [-0.3, -0.25) is 14.4 Å². The Hall–Kier alpha value is -2.62. The third kappa shape index (κ3) is 5.43. The quantitative estimate of drug-likeness (QED) is 0.753. The van der Waals surface area contributed by atoms with Gasteiger partial charge in [0.1, 0.15) is 0 Å². The molecule has 10 heteroatoms. The van der Waals surface area contributed by atoms with Gasteiger partial charge < -0.3 is 14.6 Å². The molecule has 0 saturated heterocycles. The number of nitrogens with zero attached hydrogens (tertiary/aromatic N) is 1. The van der Waals surface area contributed by atoms with E-state index in [9.17, 15) is 27.6 Å². The van der Waals surface area contributed by atoms with Crippen LogP contribution in [-0.2, 0) is 27.0 Å². The molecule has 1 atom stereocenters. The molecule has 0 aliphatic carbocycles. The van der Waals surface area contributed by atoms with Crippen LogP contribution in [0.25, 0.3) is 0 Å². The number of anilines is 1. The fourth-order valence-corrected chi connectivity index (χ4v) is 3.02. The number of nitrogens with one attached hydrogen (secondary N) is 1. The Morgan fingerprint density at radius 1 is 1.30 bits per heavy atom. The molecule has 2 rings (SSSR count). The van der Waals surface area contributed by atoms with Crippen LogP contribution in [0, 0.1) is 6.92 Å². The number of carbonyl (C=O) groups is 2. The number of halogens is 3. The van der Waals surface area contributed by atoms with Crippen molar-refractivity contribution in [1.29, 1.82) is 0 Å². The zero-order valence-corrected chi connectivity index (χ0v) is 15.3. The zero-order valence-electron chi connectivity index (χ0n) is 14.5. The van der Waals surface area contributed by atoms with Crippen molar-refractivity contribution in [3.05, 3.63) is 50.6 Å². The van der Waals surface area contributed by atoms with E-state index < -0.39 is 35.4 Å². The molecule has 1 heterocycles. The molecule has 0 aliphatic rings. The molecule has 0 fully saturated rings. The summed E-state index contributed by atoms with van der Waals surface area (Å²) in [4.78, 5) is 35.3. The summed E-state index contributed by atoms with van der Waals surface area (Å²) in [6.45, 7) is 3.07. The lowest BCUT2D eigenvalue weighted by atomic mass is 10.1. The number of aromatic nitrogens is 1. The number of para-hydroxylation sites is 1. The fraction of sp³-hybridized carbons (Fsp3) is 0.353. The molecule has 0 bridgehead atoms. The molecule has 146 valence electrons. The Bertz CT molecular complexity index is 889. The van der Waals surface area contributed by atoms with E-state index in [0.29, 0.717) is 5.69 Å². The highest BCUT2D eigenvalue weighted by Gasteiger charge is 2.34. The fourth-order valence-electron chi connectivity index (χ4n) is 2.26. The van der Waals surface area contributed by atoms with E-state index in [2.05, 4.69) is 5.32 Å². The number of alkyl halides is 3. The molecular formula is C17H17F3N2O4S. The molecule has 1 amide bonds. The number of amides is 1. The van der Waals surface area contributed by atoms with Crippen molar-refractivity contribution in [1.82, 2.24) is 4.57 Å². The van der Waals surface area contributed by atoms with Gasteiger partial charge in [0.15, 0.2) is 6.10 Å². The first-order valence-corrected chi connectivity index (χ1v) is 8.79. The number of rotatable bonds is 6. The maximum Gasteiger partial charge on any atom is 0.418 e. The van der Waals surface area contributed by atoms with E-state index in [4.69, 9.17) is 4.74 Å². The van der Waals surface area contributed by atoms with Crippen LogP contribution in [-0.4, -0.2) is 22.5 Å². The average molecular weight is 402 g/mol. The highest BCUT2D eigenvalue weighted by Crippen LogP contribution is 2.34. The summed E-state index contributed by atoms with van der Waals surface area (Å²) in [7, 11) is 0. The number of hydrogen-bond acceptors (Lipinski definition) is 5. The summed E-state index contributed by atoms with van der Waals surface area (Å²) in [6, 6.07) is 4.51. The largest absolute Gasteiger partial charge is 0.452 e. The molecule has 1 unspecified atom stereocenters. The number of ether oxygens (including phenoxy) is 1. The summed E-state index contributed by atoms with van der Waals surface area (Å²) in [5, 5.41) is 3.77. The predicted molar refractivity (Wildman–Crippen MR) is 93.6 cm³/mol. The molecule has 2 aromatic rings. The van der Waals surface area contributed by atoms with Crippen LogP contribution in [0.4, 0.5) is 18.9 Å². The van der Waals surface area contributed by atoms with Crippen LogP contribution >= 0.6 is 11.3 Å². The summed E-state index contributed by atoms with van der Waals surface area (Å²) in [6.07, 6.45) is -6.07. The van der Waals surface area contributed by atoms with E-state index >= 15 is 0 Å². The SMILES string of the molecule is Cc1csc(=O)n1CCC(=O)OC(C)C(=O)Nc1ccccc1C(F)(F)F. The van der Waals surface area contributed by atoms with Crippen molar-refractivity contribution in [3.63, 3.8) is 0 Å². The van der Waals surface area contributed by atoms with Gasteiger partial charge in [-0.2, -0.15) is 13.2 Å². The van der Waals surface area contributed by atoms with Crippen molar-refractivity contribution < 1.29 is 27.5 Å². The molecule has 6 nitrogen and oxygen atoms in total.